The molecule has 0 bridgehead atoms. The predicted octanol–water partition coefficient (Wildman–Crippen LogP) is 5.50. The Hall–Kier alpha value is -3.99. The van der Waals surface area contributed by atoms with Crippen molar-refractivity contribution in [3.63, 3.8) is 0 Å². The Bertz CT molecular complexity index is 1110. The Morgan fingerprint density at radius 2 is 1.62 bits per heavy atom. The fourth-order valence-electron chi connectivity index (χ4n) is 2.89. The Balaban J connectivity index is 1.49. The van der Waals surface area contributed by atoms with Crippen LogP contribution in [0.3, 0.4) is 0 Å². The molecule has 0 radical (unpaired) electrons. The third kappa shape index (κ3) is 4.47. The molecule has 0 saturated heterocycles. The zero-order valence-electron chi connectivity index (χ0n) is 15.9. The van der Waals surface area contributed by atoms with Gasteiger partial charge in [0.2, 0.25) is 0 Å². The molecule has 5 nitrogen and oxygen atoms in total. The SMILES string of the molecule is Cc1ccc(-c2ccncc2)cc1NC(=O)c1ccc(Oc2cccnc2)cc1. The molecular weight excluding hydrogens is 362 g/mol. The maximum atomic E-state index is 12.7. The number of aromatic nitrogens is 2. The second kappa shape index (κ2) is 8.35. The van der Waals surface area contributed by atoms with Crippen molar-refractivity contribution in [2.75, 3.05) is 5.32 Å². The fourth-order valence-corrected chi connectivity index (χ4v) is 2.89. The molecule has 0 aliphatic rings. The van der Waals surface area contributed by atoms with Crippen LogP contribution < -0.4 is 10.1 Å². The Kier molecular flexibility index (Phi) is 5.29. The van der Waals surface area contributed by atoms with Crippen LogP contribution in [0.1, 0.15) is 15.9 Å². The smallest absolute Gasteiger partial charge is 0.255 e. The van der Waals surface area contributed by atoms with Crippen molar-refractivity contribution in [2.45, 2.75) is 6.92 Å². The van der Waals surface area contributed by atoms with E-state index >= 15 is 0 Å². The fraction of sp³-hybridized carbons (Fsp3) is 0.0417. The van der Waals surface area contributed by atoms with Crippen LogP contribution in [0.25, 0.3) is 11.1 Å². The molecule has 0 saturated carbocycles. The molecule has 2 aromatic carbocycles. The summed E-state index contributed by atoms with van der Waals surface area (Å²) in [5.74, 6) is 1.12. The minimum atomic E-state index is -0.173. The maximum absolute atomic E-state index is 12.7. The summed E-state index contributed by atoms with van der Waals surface area (Å²) in [6, 6.07) is 20.5. The number of hydrogen-bond donors (Lipinski definition) is 1. The van der Waals surface area contributed by atoms with E-state index in [4.69, 9.17) is 4.74 Å². The van der Waals surface area contributed by atoms with Gasteiger partial charge in [-0.05, 0) is 78.2 Å². The number of amides is 1. The average molecular weight is 381 g/mol. The van der Waals surface area contributed by atoms with Crippen molar-refractivity contribution < 1.29 is 9.53 Å². The Morgan fingerprint density at radius 1 is 0.828 bits per heavy atom. The number of nitrogens with one attached hydrogen (secondary N) is 1. The van der Waals surface area contributed by atoms with Gasteiger partial charge in [-0.25, -0.2) is 0 Å². The molecule has 0 aliphatic carbocycles. The van der Waals surface area contributed by atoms with Crippen molar-refractivity contribution in [3.05, 3.63) is 103 Å². The van der Waals surface area contributed by atoms with Crippen molar-refractivity contribution >= 4 is 11.6 Å². The second-order valence-corrected chi connectivity index (χ2v) is 6.53. The van der Waals surface area contributed by atoms with Crippen LogP contribution in [0, 0.1) is 6.92 Å². The topological polar surface area (TPSA) is 64.1 Å². The lowest BCUT2D eigenvalue weighted by Gasteiger charge is -2.11. The van der Waals surface area contributed by atoms with Gasteiger partial charge in [0.05, 0.1) is 6.20 Å². The Morgan fingerprint density at radius 3 is 2.34 bits per heavy atom. The van der Waals surface area contributed by atoms with Crippen molar-refractivity contribution in [1.82, 2.24) is 9.97 Å². The number of ether oxygens (including phenoxy) is 1. The number of rotatable bonds is 5. The third-order valence-electron chi connectivity index (χ3n) is 4.49. The van der Waals surface area contributed by atoms with Crippen molar-refractivity contribution in [3.8, 4) is 22.6 Å². The van der Waals surface area contributed by atoms with Gasteiger partial charge in [0, 0.05) is 29.8 Å². The number of anilines is 1. The van der Waals surface area contributed by atoms with Crippen LogP contribution in [-0.2, 0) is 0 Å². The molecule has 1 amide bonds. The van der Waals surface area contributed by atoms with Crippen molar-refractivity contribution in [2.24, 2.45) is 0 Å². The summed E-state index contributed by atoms with van der Waals surface area (Å²) in [4.78, 5) is 20.8. The summed E-state index contributed by atoms with van der Waals surface area (Å²) >= 11 is 0. The minimum absolute atomic E-state index is 0.173. The van der Waals surface area contributed by atoms with E-state index in [2.05, 4.69) is 15.3 Å². The van der Waals surface area contributed by atoms with Crippen LogP contribution >= 0.6 is 0 Å². The molecule has 0 aliphatic heterocycles. The zero-order valence-corrected chi connectivity index (χ0v) is 15.9. The summed E-state index contributed by atoms with van der Waals surface area (Å²) in [6.07, 6.45) is 6.83. The number of benzene rings is 2. The van der Waals surface area contributed by atoms with Gasteiger partial charge in [0.15, 0.2) is 0 Å². The summed E-state index contributed by atoms with van der Waals surface area (Å²) in [5, 5.41) is 3.00. The lowest BCUT2D eigenvalue weighted by Crippen LogP contribution is -2.12. The van der Waals surface area contributed by atoms with Gasteiger partial charge in [0.1, 0.15) is 11.5 Å². The van der Waals surface area contributed by atoms with Gasteiger partial charge < -0.3 is 10.1 Å². The highest BCUT2D eigenvalue weighted by atomic mass is 16.5. The second-order valence-electron chi connectivity index (χ2n) is 6.53. The zero-order chi connectivity index (χ0) is 20.1. The molecular formula is C24H19N3O2. The molecule has 0 unspecified atom stereocenters. The molecule has 0 fully saturated rings. The van der Waals surface area contributed by atoms with Crippen LogP contribution in [0.2, 0.25) is 0 Å². The predicted molar refractivity (Wildman–Crippen MR) is 113 cm³/mol. The average Bonchev–Trinajstić information content (AvgIpc) is 2.77. The first-order chi connectivity index (χ1) is 14.2. The molecule has 2 aromatic heterocycles. The molecule has 0 atom stereocenters. The van der Waals surface area contributed by atoms with Gasteiger partial charge in [0.25, 0.3) is 5.91 Å². The molecule has 0 spiro atoms. The standard InChI is InChI=1S/C24H19N3O2/c1-17-4-5-20(18-10-13-25-14-11-18)15-23(17)27-24(28)19-6-8-21(9-7-19)29-22-3-2-12-26-16-22/h2-16H,1H3,(H,27,28). The molecule has 2 heterocycles. The highest BCUT2D eigenvalue weighted by molar-refractivity contribution is 6.05. The highest BCUT2D eigenvalue weighted by Crippen LogP contribution is 2.26. The third-order valence-corrected chi connectivity index (χ3v) is 4.49. The normalized spacial score (nSPS) is 10.4. The molecule has 1 N–H and O–H groups in total. The van der Waals surface area contributed by atoms with Crippen molar-refractivity contribution in [1.29, 1.82) is 0 Å². The van der Waals surface area contributed by atoms with Crippen LogP contribution in [0.15, 0.2) is 91.5 Å². The van der Waals surface area contributed by atoms with E-state index in [-0.39, 0.29) is 5.91 Å². The number of carbonyl (C=O) groups is 1. The summed E-state index contributed by atoms with van der Waals surface area (Å²) in [7, 11) is 0. The van der Waals surface area contributed by atoms with Crippen LogP contribution in [0.5, 0.6) is 11.5 Å². The lowest BCUT2D eigenvalue weighted by molar-refractivity contribution is 0.102. The van der Waals surface area contributed by atoms with Gasteiger partial charge in [-0.2, -0.15) is 0 Å². The van der Waals surface area contributed by atoms with E-state index in [1.165, 1.54) is 0 Å². The first-order valence-corrected chi connectivity index (χ1v) is 9.19. The first-order valence-electron chi connectivity index (χ1n) is 9.19. The monoisotopic (exact) mass is 381 g/mol. The molecule has 4 aromatic rings. The van der Waals surface area contributed by atoms with E-state index in [0.29, 0.717) is 17.1 Å². The number of hydrogen-bond acceptors (Lipinski definition) is 4. The molecule has 5 heteroatoms. The highest BCUT2D eigenvalue weighted by Gasteiger charge is 2.10. The van der Waals surface area contributed by atoms with Gasteiger partial charge >= 0.3 is 0 Å². The number of nitrogens with zero attached hydrogens (tertiary/aromatic N) is 2. The van der Waals surface area contributed by atoms with Crippen LogP contribution in [-0.4, -0.2) is 15.9 Å². The van der Waals surface area contributed by atoms with E-state index in [1.54, 1.807) is 55.1 Å². The quantitative estimate of drug-likeness (QED) is 0.496. The van der Waals surface area contributed by atoms with Gasteiger partial charge in [-0.3, -0.25) is 14.8 Å². The summed E-state index contributed by atoms with van der Waals surface area (Å²) < 4.78 is 5.72. The molecule has 29 heavy (non-hydrogen) atoms. The lowest BCUT2D eigenvalue weighted by atomic mass is 10.0. The Labute approximate surface area is 169 Å². The maximum Gasteiger partial charge on any atom is 0.255 e. The van der Waals surface area contributed by atoms with E-state index in [1.807, 2.05) is 43.3 Å². The van der Waals surface area contributed by atoms with Crippen LogP contribution in [0.4, 0.5) is 5.69 Å². The number of carbonyl (C=O) groups excluding carboxylic acids is 1. The van der Waals surface area contributed by atoms with E-state index < -0.39 is 0 Å². The first kappa shape index (κ1) is 18.4. The minimum Gasteiger partial charge on any atom is -0.456 e. The van der Waals surface area contributed by atoms with E-state index in [9.17, 15) is 4.79 Å². The van der Waals surface area contributed by atoms with Gasteiger partial charge in [-0.1, -0.05) is 12.1 Å². The summed E-state index contributed by atoms with van der Waals surface area (Å²) in [5.41, 5.74) is 4.39. The number of pyridine rings is 2. The molecule has 142 valence electrons. The van der Waals surface area contributed by atoms with Gasteiger partial charge in [-0.15, -0.1) is 0 Å². The summed E-state index contributed by atoms with van der Waals surface area (Å²) in [6.45, 7) is 1.97. The molecule has 4 rings (SSSR count). The number of aryl methyl sites for hydroxylation is 1. The van der Waals surface area contributed by atoms with E-state index in [0.717, 1.165) is 22.4 Å². The largest absolute Gasteiger partial charge is 0.456 e.